The Bertz CT molecular complexity index is 401. The molecule has 80 valence electrons. The molecule has 0 amide bonds. The third kappa shape index (κ3) is 2.69. The molecule has 1 heterocycles. The highest BCUT2D eigenvalue weighted by atomic mass is 79.9. The van der Waals surface area contributed by atoms with Crippen molar-refractivity contribution in [2.45, 2.75) is 18.2 Å². The zero-order valence-corrected chi connectivity index (χ0v) is 9.06. The quantitative estimate of drug-likeness (QED) is 0.797. The number of halogens is 4. The van der Waals surface area contributed by atoms with Crippen LogP contribution in [0.25, 0.3) is 0 Å². The molecule has 0 spiro atoms. The van der Waals surface area contributed by atoms with Gasteiger partial charge in [0, 0.05) is 5.33 Å². The minimum atomic E-state index is -2.95. The van der Waals surface area contributed by atoms with Crippen LogP contribution in [0, 0.1) is 17.1 Å². The first-order valence-electron chi connectivity index (χ1n) is 3.99. The van der Waals surface area contributed by atoms with Gasteiger partial charge in [0.05, 0.1) is 18.2 Å². The van der Waals surface area contributed by atoms with E-state index in [1.807, 2.05) is 6.07 Å². The van der Waals surface area contributed by atoms with Crippen molar-refractivity contribution >= 4 is 15.9 Å². The molecule has 6 heteroatoms. The molecule has 0 fully saturated rings. The highest BCUT2D eigenvalue weighted by Crippen LogP contribution is 2.23. The second kappa shape index (κ2) is 5.12. The van der Waals surface area contributed by atoms with Crippen molar-refractivity contribution < 1.29 is 13.2 Å². The average Bonchev–Trinajstić information content (AvgIpc) is 2.18. The zero-order chi connectivity index (χ0) is 11.4. The van der Waals surface area contributed by atoms with Gasteiger partial charge in [-0.2, -0.15) is 5.26 Å². The Morgan fingerprint density at radius 2 is 2.20 bits per heavy atom. The summed E-state index contributed by atoms with van der Waals surface area (Å²) in [6.07, 6.45) is -2.99. The van der Waals surface area contributed by atoms with Crippen molar-refractivity contribution in [3.05, 3.63) is 28.8 Å². The summed E-state index contributed by atoms with van der Waals surface area (Å²) >= 11 is 3.05. The predicted octanol–water partition coefficient (Wildman–Crippen LogP) is 3.12. The summed E-state index contributed by atoms with van der Waals surface area (Å²) in [7, 11) is 0. The summed E-state index contributed by atoms with van der Waals surface area (Å²) in [5.41, 5.74) is -0.268. The molecular formula is C9H6BrF3N2. The minimum absolute atomic E-state index is 0.0473. The van der Waals surface area contributed by atoms with Gasteiger partial charge < -0.3 is 0 Å². The number of hydrogen-bond donors (Lipinski definition) is 0. The molecule has 0 unspecified atom stereocenters. The normalized spacial score (nSPS) is 10.4. The van der Waals surface area contributed by atoms with Gasteiger partial charge in [0.25, 0.3) is 6.43 Å². The molecule has 2 nitrogen and oxygen atoms in total. The molecule has 0 atom stereocenters. The number of nitrogens with zero attached hydrogens (tertiary/aromatic N) is 2. The largest absolute Gasteiger partial charge is 0.283 e. The van der Waals surface area contributed by atoms with Crippen LogP contribution in [0.3, 0.4) is 0 Å². The van der Waals surface area contributed by atoms with Crippen molar-refractivity contribution in [2.24, 2.45) is 0 Å². The lowest BCUT2D eigenvalue weighted by molar-refractivity contribution is 0.140. The fourth-order valence-electron chi connectivity index (χ4n) is 1.09. The lowest BCUT2D eigenvalue weighted by Crippen LogP contribution is -2.03. The maximum Gasteiger partial charge on any atom is 0.283 e. The highest BCUT2D eigenvalue weighted by Gasteiger charge is 2.18. The molecule has 0 aromatic carbocycles. The molecule has 0 aliphatic carbocycles. The van der Waals surface area contributed by atoms with Gasteiger partial charge in [-0.1, -0.05) is 15.9 Å². The van der Waals surface area contributed by atoms with Crippen LogP contribution in [0.15, 0.2) is 6.07 Å². The molecule has 1 rings (SSSR count). The lowest BCUT2D eigenvalue weighted by atomic mass is 10.1. The van der Waals surface area contributed by atoms with E-state index in [1.54, 1.807) is 0 Å². The van der Waals surface area contributed by atoms with Crippen LogP contribution in [0.2, 0.25) is 0 Å². The third-order valence-corrected chi connectivity index (χ3v) is 2.31. The summed E-state index contributed by atoms with van der Waals surface area (Å²) in [5, 5.41) is 8.66. The first kappa shape index (κ1) is 12.0. The van der Waals surface area contributed by atoms with Crippen LogP contribution < -0.4 is 0 Å². The fraction of sp³-hybridized carbons (Fsp3) is 0.333. The Labute approximate surface area is 92.9 Å². The van der Waals surface area contributed by atoms with Gasteiger partial charge in [-0.25, -0.2) is 18.2 Å². The summed E-state index contributed by atoms with van der Waals surface area (Å²) in [5.74, 6) is -1.07. The van der Waals surface area contributed by atoms with Crippen molar-refractivity contribution in [3.63, 3.8) is 0 Å². The van der Waals surface area contributed by atoms with E-state index in [4.69, 9.17) is 5.26 Å². The van der Waals surface area contributed by atoms with E-state index in [0.717, 1.165) is 6.07 Å². The second-order valence-corrected chi connectivity index (χ2v) is 3.29. The Morgan fingerprint density at radius 1 is 1.53 bits per heavy atom. The second-order valence-electron chi connectivity index (χ2n) is 2.73. The van der Waals surface area contributed by atoms with Crippen molar-refractivity contribution in [1.29, 1.82) is 5.26 Å². The maximum atomic E-state index is 13.1. The van der Waals surface area contributed by atoms with Crippen LogP contribution in [-0.2, 0) is 11.8 Å². The standard InChI is InChI=1S/C9H6BrF3N2/c10-4-7-5(1-2-14)3-6(11)8(15-7)9(12)13/h3,9H,1,4H2. The van der Waals surface area contributed by atoms with Crippen molar-refractivity contribution in [3.8, 4) is 6.07 Å². The Kier molecular flexibility index (Phi) is 4.09. The monoisotopic (exact) mass is 278 g/mol. The van der Waals surface area contributed by atoms with Gasteiger partial charge >= 0.3 is 0 Å². The van der Waals surface area contributed by atoms with Crippen molar-refractivity contribution in [2.75, 3.05) is 0 Å². The highest BCUT2D eigenvalue weighted by molar-refractivity contribution is 9.08. The van der Waals surface area contributed by atoms with E-state index in [9.17, 15) is 13.2 Å². The van der Waals surface area contributed by atoms with Gasteiger partial charge in [-0.3, -0.25) is 0 Å². The molecule has 0 radical (unpaired) electrons. The summed E-state index contributed by atoms with van der Waals surface area (Å²) in [6, 6.07) is 2.76. The van der Waals surface area contributed by atoms with Gasteiger partial charge in [0.15, 0.2) is 5.82 Å². The predicted molar refractivity (Wildman–Crippen MR) is 51.1 cm³/mol. The SMILES string of the molecule is N#CCc1cc(F)c(C(F)F)nc1CBr. The van der Waals surface area contributed by atoms with E-state index >= 15 is 0 Å². The van der Waals surface area contributed by atoms with Gasteiger partial charge in [0.2, 0.25) is 0 Å². The zero-order valence-electron chi connectivity index (χ0n) is 7.48. The third-order valence-electron chi connectivity index (χ3n) is 1.77. The number of hydrogen-bond acceptors (Lipinski definition) is 2. The van der Waals surface area contributed by atoms with Crippen LogP contribution in [0.1, 0.15) is 23.4 Å². The van der Waals surface area contributed by atoms with E-state index in [-0.39, 0.29) is 17.4 Å². The van der Waals surface area contributed by atoms with Crippen molar-refractivity contribution in [1.82, 2.24) is 4.98 Å². The van der Waals surface area contributed by atoms with Crippen LogP contribution in [0.4, 0.5) is 13.2 Å². The number of alkyl halides is 3. The van der Waals surface area contributed by atoms with Crippen LogP contribution in [0.5, 0.6) is 0 Å². The van der Waals surface area contributed by atoms with E-state index in [1.165, 1.54) is 0 Å². The average molecular weight is 279 g/mol. The molecule has 0 bridgehead atoms. The summed E-state index contributed by atoms with van der Waals surface area (Å²) < 4.78 is 37.6. The Balaban J connectivity index is 3.24. The number of pyridine rings is 1. The smallest absolute Gasteiger partial charge is 0.248 e. The first-order chi connectivity index (χ1) is 7.10. The van der Waals surface area contributed by atoms with E-state index < -0.39 is 17.9 Å². The number of aromatic nitrogens is 1. The molecule has 15 heavy (non-hydrogen) atoms. The molecule has 1 aromatic rings. The topological polar surface area (TPSA) is 36.7 Å². The van der Waals surface area contributed by atoms with Gasteiger partial charge in [0.1, 0.15) is 5.69 Å². The number of rotatable bonds is 3. The minimum Gasteiger partial charge on any atom is -0.248 e. The molecule has 0 N–H and O–H groups in total. The van der Waals surface area contributed by atoms with Gasteiger partial charge in [-0.15, -0.1) is 0 Å². The Morgan fingerprint density at radius 3 is 2.67 bits per heavy atom. The Hall–Kier alpha value is -1.09. The molecule has 1 aromatic heterocycles. The fourth-order valence-corrected chi connectivity index (χ4v) is 1.57. The molecule has 0 aliphatic heterocycles. The maximum absolute atomic E-state index is 13.1. The molecular weight excluding hydrogens is 273 g/mol. The van der Waals surface area contributed by atoms with Crippen LogP contribution >= 0.6 is 15.9 Å². The lowest BCUT2D eigenvalue weighted by Gasteiger charge is -2.07. The van der Waals surface area contributed by atoms with E-state index in [2.05, 4.69) is 20.9 Å². The summed E-state index contributed by atoms with van der Waals surface area (Å²) in [6.45, 7) is 0. The molecule has 0 saturated carbocycles. The van der Waals surface area contributed by atoms with E-state index in [0.29, 0.717) is 5.56 Å². The molecule has 0 aliphatic rings. The van der Waals surface area contributed by atoms with Crippen LogP contribution in [-0.4, -0.2) is 4.98 Å². The first-order valence-corrected chi connectivity index (χ1v) is 5.11. The summed E-state index contributed by atoms with van der Waals surface area (Å²) in [4.78, 5) is 3.49. The molecule has 0 saturated heterocycles. The van der Waals surface area contributed by atoms with Gasteiger partial charge in [-0.05, 0) is 11.6 Å². The number of nitriles is 1.